The number of esters is 2. The maximum atomic E-state index is 12.5. The average molecular weight is 530 g/mol. The highest BCUT2D eigenvalue weighted by Crippen LogP contribution is 2.32. The predicted octanol–water partition coefficient (Wildman–Crippen LogP) is 2.37. The van der Waals surface area contributed by atoms with E-state index >= 15 is 0 Å². The van der Waals surface area contributed by atoms with E-state index < -0.39 is 33.2 Å². The van der Waals surface area contributed by atoms with E-state index in [1.165, 1.54) is 12.1 Å². The van der Waals surface area contributed by atoms with Gasteiger partial charge < -0.3 is 14.2 Å². The smallest absolute Gasteiger partial charge is 0.338 e. The molecular formula is C23H31NO9S2. The molecule has 0 unspecified atom stereocenters. The molecule has 0 aromatic heterocycles. The van der Waals surface area contributed by atoms with Gasteiger partial charge in [0.05, 0.1) is 29.1 Å². The molecule has 35 heavy (non-hydrogen) atoms. The number of amides is 2. The Balaban J connectivity index is 1.73. The van der Waals surface area contributed by atoms with E-state index in [0.29, 0.717) is 6.42 Å². The predicted molar refractivity (Wildman–Crippen MR) is 128 cm³/mol. The van der Waals surface area contributed by atoms with Gasteiger partial charge in [-0.25, -0.2) is 13.2 Å². The third kappa shape index (κ3) is 8.04. The SMILES string of the molecule is CC(C)(S)CC(C)(C)C(=O)OCCOCCOC(=O)c1ccc(S(=O)(=O)N2C(=O)CCC2=O)cc1. The maximum absolute atomic E-state index is 12.5. The summed E-state index contributed by atoms with van der Waals surface area (Å²) < 4.78 is 40.6. The average Bonchev–Trinajstić information content (AvgIpc) is 3.09. The molecule has 0 atom stereocenters. The molecule has 0 aliphatic carbocycles. The number of carbonyl (C=O) groups excluding carboxylic acids is 4. The number of hydrogen-bond donors (Lipinski definition) is 1. The van der Waals surface area contributed by atoms with Crippen molar-refractivity contribution in [2.75, 3.05) is 26.4 Å². The number of benzene rings is 1. The summed E-state index contributed by atoms with van der Waals surface area (Å²) in [6.07, 6.45) is 0.235. The minimum absolute atomic E-state index is 0.0567. The van der Waals surface area contributed by atoms with Crippen LogP contribution in [0.15, 0.2) is 29.2 Å². The van der Waals surface area contributed by atoms with Gasteiger partial charge in [0.1, 0.15) is 13.2 Å². The fraction of sp³-hybridized carbons (Fsp3) is 0.565. The molecule has 1 saturated heterocycles. The van der Waals surface area contributed by atoms with Gasteiger partial charge in [-0.15, -0.1) is 0 Å². The summed E-state index contributed by atoms with van der Waals surface area (Å²) in [4.78, 5) is 47.5. The quantitative estimate of drug-likeness (QED) is 0.187. The maximum Gasteiger partial charge on any atom is 0.338 e. The Kier molecular flexibility index (Phi) is 9.49. The first kappa shape index (κ1) is 28.8. The van der Waals surface area contributed by atoms with Crippen LogP contribution in [0.5, 0.6) is 0 Å². The van der Waals surface area contributed by atoms with E-state index in [4.69, 9.17) is 14.2 Å². The van der Waals surface area contributed by atoms with Crippen LogP contribution in [0.4, 0.5) is 0 Å². The molecule has 0 spiro atoms. The van der Waals surface area contributed by atoms with Crippen LogP contribution in [0, 0.1) is 5.41 Å². The first-order valence-electron chi connectivity index (χ1n) is 11.0. The normalized spacial score (nSPS) is 14.8. The molecule has 0 radical (unpaired) electrons. The standard InChI is InChI=1S/C23H31NO9S2/c1-22(2,15-23(3,4)34)21(28)33-14-12-31-11-13-32-20(27)16-5-7-17(8-6-16)35(29,30)24-18(25)9-10-19(24)26/h5-8,34H,9-15H2,1-4H3. The van der Waals surface area contributed by atoms with Gasteiger partial charge in [-0.3, -0.25) is 14.4 Å². The van der Waals surface area contributed by atoms with Gasteiger partial charge >= 0.3 is 11.9 Å². The molecular weight excluding hydrogens is 498 g/mol. The zero-order valence-electron chi connectivity index (χ0n) is 20.2. The van der Waals surface area contributed by atoms with Crippen molar-refractivity contribution in [1.82, 2.24) is 4.31 Å². The molecule has 10 nitrogen and oxygen atoms in total. The van der Waals surface area contributed by atoms with E-state index in [2.05, 4.69) is 12.6 Å². The fourth-order valence-corrected chi connectivity index (χ4v) is 5.42. The van der Waals surface area contributed by atoms with Crippen molar-refractivity contribution in [3.8, 4) is 0 Å². The van der Waals surface area contributed by atoms with E-state index in [-0.39, 0.29) is 64.7 Å². The van der Waals surface area contributed by atoms with E-state index in [1.54, 1.807) is 13.8 Å². The van der Waals surface area contributed by atoms with E-state index in [1.807, 2.05) is 13.8 Å². The molecule has 1 heterocycles. The second-order valence-electron chi connectivity index (χ2n) is 9.34. The summed E-state index contributed by atoms with van der Waals surface area (Å²) in [5, 5.41) is 0. The number of ether oxygens (including phenoxy) is 3. The lowest BCUT2D eigenvalue weighted by Gasteiger charge is -2.29. The van der Waals surface area contributed by atoms with E-state index in [9.17, 15) is 27.6 Å². The van der Waals surface area contributed by atoms with E-state index in [0.717, 1.165) is 12.1 Å². The number of nitrogens with zero attached hydrogens (tertiary/aromatic N) is 1. The monoisotopic (exact) mass is 529 g/mol. The van der Waals surface area contributed by atoms with Crippen LogP contribution < -0.4 is 0 Å². The van der Waals surface area contributed by atoms with Crippen LogP contribution in [0.1, 0.15) is 57.3 Å². The Hall–Kier alpha value is -2.44. The lowest BCUT2D eigenvalue weighted by molar-refractivity contribution is -0.156. The molecule has 0 bridgehead atoms. The highest BCUT2D eigenvalue weighted by molar-refractivity contribution is 7.90. The lowest BCUT2D eigenvalue weighted by atomic mass is 9.83. The molecule has 1 fully saturated rings. The summed E-state index contributed by atoms with van der Waals surface area (Å²) >= 11 is 4.45. The number of sulfonamides is 1. The lowest BCUT2D eigenvalue weighted by Crippen LogP contribution is -2.35. The third-order valence-corrected chi connectivity index (χ3v) is 6.90. The first-order chi connectivity index (χ1) is 16.1. The molecule has 1 aliphatic heterocycles. The zero-order chi connectivity index (χ0) is 26.4. The van der Waals surface area contributed by atoms with Gasteiger partial charge in [0.15, 0.2) is 0 Å². The van der Waals surface area contributed by atoms with Gasteiger partial charge in [-0.1, -0.05) is 13.8 Å². The number of carbonyl (C=O) groups is 4. The number of thiol groups is 1. The van der Waals surface area contributed by atoms with Crippen LogP contribution in [-0.2, 0) is 38.6 Å². The first-order valence-corrected chi connectivity index (χ1v) is 12.9. The van der Waals surface area contributed by atoms with Crippen molar-refractivity contribution in [1.29, 1.82) is 0 Å². The zero-order valence-corrected chi connectivity index (χ0v) is 21.9. The minimum atomic E-state index is -4.31. The van der Waals surface area contributed by atoms with Crippen LogP contribution in [-0.4, -0.2) is 67.7 Å². The molecule has 0 N–H and O–H groups in total. The third-order valence-electron chi connectivity index (χ3n) is 4.98. The fourth-order valence-electron chi connectivity index (χ4n) is 3.61. The summed E-state index contributed by atoms with van der Waals surface area (Å²) in [6.45, 7) is 7.62. The van der Waals surface area contributed by atoms with Gasteiger partial charge in [0, 0.05) is 17.6 Å². The van der Waals surface area contributed by atoms with Crippen molar-refractivity contribution in [2.24, 2.45) is 5.41 Å². The molecule has 1 aliphatic rings. The van der Waals surface area contributed by atoms with Crippen molar-refractivity contribution in [3.05, 3.63) is 29.8 Å². The van der Waals surface area contributed by atoms with Crippen molar-refractivity contribution in [3.63, 3.8) is 0 Å². The number of imide groups is 1. The summed E-state index contributed by atoms with van der Waals surface area (Å²) in [5.74, 6) is -2.61. The summed E-state index contributed by atoms with van der Waals surface area (Å²) in [7, 11) is -4.31. The second kappa shape index (κ2) is 11.5. The Morgan fingerprint density at radius 2 is 1.43 bits per heavy atom. The number of rotatable bonds is 12. The van der Waals surface area contributed by atoms with Gasteiger partial charge in [0.2, 0.25) is 11.8 Å². The summed E-state index contributed by atoms with van der Waals surface area (Å²) in [5.41, 5.74) is -0.596. The Morgan fingerprint density at radius 3 is 1.94 bits per heavy atom. The largest absolute Gasteiger partial charge is 0.463 e. The Morgan fingerprint density at radius 1 is 0.914 bits per heavy atom. The van der Waals surface area contributed by atoms with Crippen molar-refractivity contribution in [2.45, 2.75) is 56.6 Å². The van der Waals surface area contributed by atoms with Gasteiger partial charge in [-0.2, -0.15) is 16.9 Å². The molecule has 194 valence electrons. The van der Waals surface area contributed by atoms with Gasteiger partial charge in [0.25, 0.3) is 10.0 Å². The molecule has 1 aromatic carbocycles. The molecule has 12 heteroatoms. The highest BCUT2D eigenvalue weighted by Gasteiger charge is 2.39. The molecule has 1 aromatic rings. The topological polar surface area (TPSA) is 133 Å². The Labute approximate surface area is 210 Å². The van der Waals surface area contributed by atoms with Crippen LogP contribution in [0.3, 0.4) is 0 Å². The molecule has 2 amide bonds. The van der Waals surface area contributed by atoms with Crippen molar-refractivity contribution < 1.29 is 41.8 Å². The van der Waals surface area contributed by atoms with Crippen LogP contribution in [0.2, 0.25) is 0 Å². The Bertz CT molecular complexity index is 1040. The second-order valence-corrected chi connectivity index (χ2v) is 12.3. The highest BCUT2D eigenvalue weighted by atomic mass is 32.2. The summed E-state index contributed by atoms with van der Waals surface area (Å²) in [6, 6.07) is 4.72. The van der Waals surface area contributed by atoms with Gasteiger partial charge in [-0.05, 0) is 44.5 Å². The molecule has 2 rings (SSSR count). The van der Waals surface area contributed by atoms with Crippen molar-refractivity contribution >= 4 is 46.4 Å². The number of hydrogen-bond acceptors (Lipinski definition) is 10. The van der Waals surface area contributed by atoms with Crippen LogP contribution >= 0.6 is 12.6 Å². The minimum Gasteiger partial charge on any atom is -0.463 e. The molecule has 0 saturated carbocycles. The van der Waals surface area contributed by atoms with Crippen LogP contribution in [0.25, 0.3) is 0 Å².